The van der Waals surface area contributed by atoms with Gasteiger partial charge in [-0.2, -0.15) is 0 Å². The SMILES string of the molecule is O=C(NC1CCC1)N1CCC2(CCNCC2)C1. The van der Waals surface area contributed by atoms with Gasteiger partial charge in [0.15, 0.2) is 0 Å². The molecular formula is C13H23N3O. The second-order valence-corrected chi connectivity index (χ2v) is 6.00. The van der Waals surface area contributed by atoms with E-state index < -0.39 is 0 Å². The van der Waals surface area contributed by atoms with Crippen LogP contribution in [0.5, 0.6) is 0 Å². The summed E-state index contributed by atoms with van der Waals surface area (Å²) in [5, 5.41) is 6.56. The van der Waals surface area contributed by atoms with E-state index in [1.54, 1.807) is 0 Å². The monoisotopic (exact) mass is 237 g/mol. The summed E-state index contributed by atoms with van der Waals surface area (Å²) in [7, 11) is 0. The Balaban J connectivity index is 1.53. The zero-order valence-corrected chi connectivity index (χ0v) is 10.5. The third-order valence-corrected chi connectivity index (χ3v) is 4.82. The van der Waals surface area contributed by atoms with E-state index in [1.807, 2.05) is 4.90 Å². The highest BCUT2D eigenvalue weighted by atomic mass is 16.2. The molecule has 4 heteroatoms. The van der Waals surface area contributed by atoms with E-state index in [4.69, 9.17) is 0 Å². The Morgan fingerprint density at radius 3 is 2.65 bits per heavy atom. The quantitative estimate of drug-likeness (QED) is 0.722. The number of nitrogens with zero attached hydrogens (tertiary/aromatic N) is 1. The van der Waals surface area contributed by atoms with E-state index in [0.29, 0.717) is 11.5 Å². The van der Waals surface area contributed by atoms with E-state index in [0.717, 1.165) is 26.2 Å². The molecule has 3 rings (SSSR count). The Hall–Kier alpha value is -0.770. The van der Waals surface area contributed by atoms with Crippen molar-refractivity contribution in [1.29, 1.82) is 0 Å². The summed E-state index contributed by atoms with van der Waals surface area (Å²) in [6.45, 7) is 4.18. The summed E-state index contributed by atoms with van der Waals surface area (Å²) in [6, 6.07) is 0.650. The minimum Gasteiger partial charge on any atom is -0.335 e. The summed E-state index contributed by atoms with van der Waals surface area (Å²) < 4.78 is 0. The Kier molecular flexibility index (Phi) is 2.99. The van der Waals surface area contributed by atoms with E-state index in [1.165, 1.54) is 38.5 Å². The molecule has 2 heterocycles. The number of hydrogen-bond acceptors (Lipinski definition) is 2. The molecule has 0 atom stereocenters. The van der Waals surface area contributed by atoms with E-state index >= 15 is 0 Å². The maximum absolute atomic E-state index is 12.1. The van der Waals surface area contributed by atoms with Gasteiger partial charge in [0.25, 0.3) is 0 Å². The lowest BCUT2D eigenvalue weighted by molar-refractivity contribution is 0.175. The minimum atomic E-state index is 0.185. The maximum atomic E-state index is 12.1. The van der Waals surface area contributed by atoms with Gasteiger partial charge in [-0.3, -0.25) is 0 Å². The third-order valence-electron chi connectivity index (χ3n) is 4.82. The molecule has 0 aromatic carbocycles. The number of likely N-dealkylation sites (tertiary alicyclic amines) is 1. The van der Waals surface area contributed by atoms with Gasteiger partial charge in [-0.1, -0.05) is 0 Å². The summed E-state index contributed by atoms with van der Waals surface area (Å²) in [6.07, 6.45) is 7.30. The van der Waals surface area contributed by atoms with Crippen LogP contribution in [0.25, 0.3) is 0 Å². The number of urea groups is 1. The second-order valence-electron chi connectivity index (χ2n) is 6.00. The molecule has 0 radical (unpaired) electrons. The Morgan fingerprint density at radius 1 is 1.24 bits per heavy atom. The van der Waals surface area contributed by atoms with Gasteiger partial charge in [-0.25, -0.2) is 4.79 Å². The molecule has 1 aliphatic carbocycles. The molecule has 96 valence electrons. The van der Waals surface area contributed by atoms with Crippen LogP contribution in [0.2, 0.25) is 0 Å². The molecule has 17 heavy (non-hydrogen) atoms. The number of amides is 2. The molecule has 0 aromatic rings. The number of hydrogen-bond donors (Lipinski definition) is 2. The first-order chi connectivity index (χ1) is 8.27. The zero-order valence-electron chi connectivity index (χ0n) is 10.5. The lowest BCUT2D eigenvalue weighted by Gasteiger charge is -2.34. The van der Waals surface area contributed by atoms with E-state index in [2.05, 4.69) is 10.6 Å². The van der Waals surface area contributed by atoms with Gasteiger partial charge in [0.05, 0.1) is 0 Å². The van der Waals surface area contributed by atoms with Crippen LogP contribution in [-0.4, -0.2) is 43.2 Å². The standard InChI is InChI=1S/C13H23N3O/c17-12(15-11-2-1-3-11)16-9-6-13(10-16)4-7-14-8-5-13/h11,14H,1-10H2,(H,15,17). The number of nitrogens with one attached hydrogen (secondary N) is 2. The summed E-state index contributed by atoms with van der Waals surface area (Å²) in [5.41, 5.74) is 0.433. The number of carbonyl (C=O) groups excluding carboxylic acids is 1. The van der Waals surface area contributed by atoms with Crippen LogP contribution >= 0.6 is 0 Å². The normalized spacial score (nSPS) is 28.1. The van der Waals surface area contributed by atoms with Gasteiger partial charge in [-0.15, -0.1) is 0 Å². The Labute approximate surface area is 103 Å². The molecule has 2 N–H and O–H groups in total. The lowest BCUT2D eigenvalue weighted by atomic mass is 9.78. The topological polar surface area (TPSA) is 44.4 Å². The number of piperidine rings is 1. The van der Waals surface area contributed by atoms with Gasteiger partial charge in [0.2, 0.25) is 0 Å². The van der Waals surface area contributed by atoms with Gasteiger partial charge in [-0.05, 0) is 57.0 Å². The highest BCUT2D eigenvalue weighted by Gasteiger charge is 2.40. The van der Waals surface area contributed by atoms with Crippen molar-refractivity contribution in [3.8, 4) is 0 Å². The molecule has 1 saturated carbocycles. The first kappa shape index (κ1) is 11.3. The molecule has 2 aliphatic heterocycles. The van der Waals surface area contributed by atoms with Crippen molar-refractivity contribution < 1.29 is 4.79 Å². The molecular weight excluding hydrogens is 214 g/mol. The molecule has 2 amide bonds. The lowest BCUT2D eigenvalue weighted by Crippen LogP contribution is -2.47. The average Bonchev–Trinajstić information content (AvgIpc) is 2.68. The van der Waals surface area contributed by atoms with E-state index in [-0.39, 0.29) is 6.03 Å². The van der Waals surface area contributed by atoms with Crippen LogP contribution in [-0.2, 0) is 0 Å². The maximum Gasteiger partial charge on any atom is 0.317 e. The fourth-order valence-corrected chi connectivity index (χ4v) is 3.29. The third kappa shape index (κ3) is 2.28. The van der Waals surface area contributed by atoms with Gasteiger partial charge >= 0.3 is 6.03 Å². The van der Waals surface area contributed by atoms with Crippen molar-refractivity contribution in [3.05, 3.63) is 0 Å². The number of carbonyl (C=O) groups is 1. The molecule has 3 aliphatic rings. The van der Waals surface area contributed by atoms with Crippen molar-refractivity contribution in [3.63, 3.8) is 0 Å². The fraction of sp³-hybridized carbons (Fsp3) is 0.923. The summed E-state index contributed by atoms with van der Waals surface area (Å²) >= 11 is 0. The molecule has 4 nitrogen and oxygen atoms in total. The molecule has 1 spiro atoms. The van der Waals surface area contributed by atoms with Crippen molar-refractivity contribution in [1.82, 2.24) is 15.5 Å². The first-order valence-corrected chi connectivity index (χ1v) is 7.04. The molecule has 3 fully saturated rings. The van der Waals surface area contributed by atoms with Crippen LogP contribution in [0.15, 0.2) is 0 Å². The molecule has 0 aromatic heterocycles. The largest absolute Gasteiger partial charge is 0.335 e. The smallest absolute Gasteiger partial charge is 0.317 e. The zero-order chi connectivity index (χ0) is 11.7. The van der Waals surface area contributed by atoms with Crippen LogP contribution in [0, 0.1) is 5.41 Å². The predicted octanol–water partition coefficient (Wildman–Crippen LogP) is 1.32. The van der Waals surface area contributed by atoms with Crippen molar-refractivity contribution in [2.24, 2.45) is 5.41 Å². The van der Waals surface area contributed by atoms with Crippen LogP contribution < -0.4 is 10.6 Å². The Morgan fingerprint density at radius 2 is 2.00 bits per heavy atom. The highest BCUT2D eigenvalue weighted by Crippen LogP contribution is 2.38. The molecule has 2 saturated heterocycles. The predicted molar refractivity (Wildman–Crippen MR) is 66.9 cm³/mol. The second kappa shape index (κ2) is 4.48. The molecule has 0 unspecified atom stereocenters. The van der Waals surface area contributed by atoms with Crippen molar-refractivity contribution in [2.75, 3.05) is 26.2 Å². The van der Waals surface area contributed by atoms with Crippen LogP contribution in [0.1, 0.15) is 38.5 Å². The van der Waals surface area contributed by atoms with Crippen LogP contribution in [0.4, 0.5) is 4.79 Å². The minimum absolute atomic E-state index is 0.185. The summed E-state index contributed by atoms with van der Waals surface area (Å²) in [5.74, 6) is 0. The molecule has 0 bridgehead atoms. The Bertz CT molecular complexity index is 295. The van der Waals surface area contributed by atoms with Gasteiger partial charge < -0.3 is 15.5 Å². The fourth-order valence-electron chi connectivity index (χ4n) is 3.29. The first-order valence-electron chi connectivity index (χ1n) is 7.04. The number of rotatable bonds is 1. The van der Waals surface area contributed by atoms with E-state index in [9.17, 15) is 4.79 Å². The van der Waals surface area contributed by atoms with Crippen molar-refractivity contribution >= 4 is 6.03 Å². The van der Waals surface area contributed by atoms with Gasteiger partial charge in [0, 0.05) is 19.1 Å². The van der Waals surface area contributed by atoms with Crippen LogP contribution in [0.3, 0.4) is 0 Å². The van der Waals surface area contributed by atoms with Gasteiger partial charge in [0.1, 0.15) is 0 Å². The highest BCUT2D eigenvalue weighted by molar-refractivity contribution is 5.75. The average molecular weight is 237 g/mol. The summed E-state index contributed by atoms with van der Waals surface area (Å²) in [4.78, 5) is 14.1. The van der Waals surface area contributed by atoms with Crippen molar-refractivity contribution in [2.45, 2.75) is 44.6 Å².